The molecule has 0 saturated heterocycles. The average Bonchev–Trinajstić information content (AvgIpc) is 2.18. The van der Waals surface area contributed by atoms with Crippen molar-refractivity contribution in [2.75, 3.05) is 17.8 Å². The molecule has 0 aromatic heterocycles. The summed E-state index contributed by atoms with van der Waals surface area (Å²) in [5.41, 5.74) is 1.36. The van der Waals surface area contributed by atoms with E-state index < -0.39 is 0 Å². The molecule has 0 amide bonds. The molecule has 0 radical (unpaired) electrons. The van der Waals surface area contributed by atoms with Crippen LogP contribution >= 0.6 is 23.5 Å². The van der Waals surface area contributed by atoms with Crippen LogP contribution in [0.4, 0.5) is 0 Å². The first-order chi connectivity index (χ1) is 6.83. The van der Waals surface area contributed by atoms with E-state index >= 15 is 0 Å². The predicted molar refractivity (Wildman–Crippen MR) is 69.5 cm³/mol. The summed E-state index contributed by atoms with van der Waals surface area (Å²) in [6.45, 7) is 2.15. The van der Waals surface area contributed by atoms with E-state index in [1.54, 1.807) is 0 Å². The summed E-state index contributed by atoms with van der Waals surface area (Å²) < 4.78 is 0. The molecule has 0 saturated carbocycles. The predicted octanol–water partition coefficient (Wildman–Crippen LogP) is 4.23. The monoisotopic (exact) mass is 226 g/mol. The molecule has 0 heterocycles. The van der Waals surface area contributed by atoms with Crippen molar-refractivity contribution in [2.24, 2.45) is 0 Å². The summed E-state index contributed by atoms with van der Waals surface area (Å²) in [6, 6.07) is 8.75. The third-order valence-corrected chi connectivity index (χ3v) is 3.78. The van der Waals surface area contributed by atoms with Gasteiger partial charge in [-0.25, -0.2) is 0 Å². The fourth-order valence-corrected chi connectivity index (χ4v) is 2.76. The van der Waals surface area contributed by atoms with Crippen molar-refractivity contribution >= 4 is 23.5 Å². The van der Waals surface area contributed by atoms with Crippen LogP contribution in [0, 0.1) is 6.92 Å². The molecule has 0 atom stereocenters. The van der Waals surface area contributed by atoms with Crippen molar-refractivity contribution < 1.29 is 0 Å². The maximum absolute atomic E-state index is 2.26. The summed E-state index contributed by atoms with van der Waals surface area (Å²) >= 11 is 3.92. The summed E-state index contributed by atoms with van der Waals surface area (Å²) in [4.78, 5) is 1.41. The largest absolute Gasteiger partial charge is 0.165 e. The van der Waals surface area contributed by atoms with Gasteiger partial charge in [0.1, 0.15) is 0 Å². The zero-order chi connectivity index (χ0) is 10.2. The molecular formula is C12H18S2. The maximum Gasteiger partial charge on any atom is 0.00745 e. The van der Waals surface area contributed by atoms with E-state index in [4.69, 9.17) is 0 Å². The molecule has 2 heteroatoms. The molecule has 0 spiro atoms. The van der Waals surface area contributed by atoms with Gasteiger partial charge in [-0.2, -0.15) is 11.8 Å². The second-order valence-corrected chi connectivity index (χ2v) is 5.52. The first-order valence-electron chi connectivity index (χ1n) is 5.01. The van der Waals surface area contributed by atoms with Crippen LogP contribution in [0.3, 0.4) is 0 Å². The van der Waals surface area contributed by atoms with Crippen molar-refractivity contribution in [1.29, 1.82) is 0 Å². The maximum atomic E-state index is 2.26. The first-order valence-corrected chi connectivity index (χ1v) is 7.39. The highest BCUT2D eigenvalue weighted by atomic mass is 32.2. The van der Waals surface area contributed by atoms with Gasteiger partial charge in [-0.1, -0.05) is 17.7 Å². The number of thioether (sulfide) groups is 2. The van der Waals surface area contributed by atoms with Gasteiger partial charge in [-0.3, -0.25) is 0 Å². The van der Waals surface area contributed by atoms with Crippen molar-refractivity contribution in [3.8, 4) is 0 Å². The van der Waals surface area contributed by atoms with E-state index in [2.05, 4.69) is 37.4 Å². The van der Waals surface area contributed by atoms with Gasteiger partial charge in [-0.15, -0.1) is 11.8 Å². The number of hydrogen-bond donors (Lipinski definition) is 0. The fourth-order valence-electron chi connectivity index (χ4n) is 1.24. The molecule has 0 unspecified atom stereocenters. The molecule has 0 fully saturated rings. The van der Waals surface area contributed by atoms with Crippen LogP contribution < -0.4 is 0 Å². The number of aryl methyl sites for hydroxylation is 1. The molecule has 0 aliphatic heterocycles. The fraction of sp³-hybridized carbons (Fsp3) is 0.500. The molecule has 1 aromatic rings. The Balaban J connectivity index is 2.18. The molecule has 0 aliphatic carbocycles. The highest BCUT2D eigenvalue weighted by Gasteiger charge is 1.94. The molecule has 0 bridgehead atoms. The van der Waals surface area contributed by atoms with Crippen LogP contribution in [0.5, 0.6) is 0 Å². The Morgan fingerprint density at radius 1 is 1.14 bits per heavy atom. The zero-order valence-corrected chi connectivity index (χ0v) is 10.6. The van der Waals surface area contributed by atoms with Gasteiger partial charge < -0.3 is 0 Å². The molecule has 14 heavy (non-hydrogen) atoms. The van der Waals surface area contributed by atoms with Gasteiger partial charge in [0.15, 0.2) is 0 Å². The Kier molecular flexibility index (Phi) is 6.20. The number of benzene rings is 1. The van der Waals surface area contributed by atoms with Crippen LogP contribution in [-0.4, -0.2) is 17.8 Å². The summed E-state index contributed by atoms with van der Waals surface area (Å²) in [5.74, 6) is 2.55. The molecule has 0 aliphatic rings. The van der Waals surface area contributed by atoms with E-state index in [0.717, 1.165) is 0 Å². The Morgan fingerprint density at radius 3 is 2.64 bits per heavy atom. The van der Waals surface area contributed by atoms with Crippen LogP contribution in [0.1, 0.15) is 18.4 Å². The molecule has 1 aromatic carbocycles. The van der Waals surface area contributed by atoms with Gasteiger partial charge in [0.05, 0.1) is 0 Å². The van der Waals surface area contributed by atoms with Gasteiger partial charge in [-0.05, 0) is 49.7 Å². The summed E-state index contributed by atoms with van der Waals surface area (Å²) in [7, 11) is 0. The molecule has 1 rings (SSSR count). The lowest BCUT2D eigenvalue weighted by molar-refractivity contribution is 0.908. The first kappa shape index (κ1) is 12.0. The number of unbranched alkanes of at least 4 members (excludes halogenated alkanes) is 1. The zero-order valence-electron chi connectivity index (χ0n) is 8.95. The van der Waals surface area contributed by atoms with E-state index in [1.807, 2.05) is 23.5 Å². The van der Waals surface area contributed by atoms with E-state index in [-0.39, 0.29) is 0 Å². The van der Waals surface area contributed by atoms with Crippen LogP contribution in [0.15, 0.2) is 29.2 Å². The minimum Gasteiger partial charge on any atom is -0.165 e. The minimum absolute atomic E-state index is 1.25. The lowest BCUT2D eigenvalue weighted by Gasteiger charge is -2.02. The second-order valence-electron chi connectivity index (χ2n) is 3.36. The van der Waals surface area contributed by atoms with Crippen molar-refractivity contribution in [2.45, 2.75) is 24.7 Å². The van der Waals surface area contributed by atoms with Crippen LogP contribution in [0.25, 0.3) is 0 Å². The lowest BCUT2D eigenvalue weighted by Crippen LogP contribution is -1.83. The lowest BCUT2D eigenvalue weighted by atomic mass is 10.2. The molecule has 0 nitrogen and oxygen atoms in total. The molecule has 78 valence electrons. The molecular weight excluding hydrogens is 208 g/mol. The quantitative estimate of drug-likeness (QED) is 0.526. The van der Waals surface area contributed by atoms with Crippen molar-refractivity contribution in [1.82, 2.24) is 0 Å². The van der Waals surface area contributed by atoms with E-state index in [0.29, 0.717) is 0 Å². The van der Waals surface area contributed by atoms with E-state index in [9.17, 15) is 0 Å². The Labute approximate surface area is 95.9 Å². The Bertz CT molecular complexity index is 258. The van der Waals surface area contributed by atoms with Crippen molar-refractivity contribution in [3.05, 3.63) is 29.8 Å². The summed E-state index contributed by atoms with van der Waals surface area (Å²) in [6.07, 6.45) is 4.85. The average molecular weight is 226 g/mol. The third kappa shape index (κ3) is 4.97. The van der Waals surface area contributed by atoms with Gasteiger partial charge >= 0.3 is 0 Å². The smallest absolute Gasteiger partial charge is 0.00745 e. The van der Waals surface area contributed by atoms with E-state index in [1.165, 1.54) is 34.8 Å². The van der Waals surface area contributed by atoms with Gasteiger partial charge in [0, 0.05) is 4.90 Å². The second kappa shape index (κ2) is 7.24. The third-order valence-electron chi connectivity index (χ3n) is 2.00. The molecule has 0 N–H and O–H groups in total. The highest BCUT2D eigenvalue weighted by molar-refractivity contribution is 7.99. The van der Waals surface area contributed by atoms with Crippen LogP contribution in [0.2, 0.25) is 0 Å². The Hall–Kier alpha value is -0.0800. The van der Waals surface area contributed by atoms with Gasteiger partial charge in [0.25, 0.3) is 0 Å². The normalized spacial score (nSPS) is 10.4. The topological polar surface area (TPSA) is 0 Å². The number of rotatable bonds is 6. The number of hydrogen-bond acceptors (Lipinski definition) is 2. The van der Waals surface area contributed by atoms with Crippen molar-refractivity contribution in [3.63, 3.8) is 0 Å². The Morgan fingerprint density at radius 2 is 1.93 bits per heavy atom. The highest BCUT2D eigenvalue weighted by Crippen LogP contribution is 2.20. The summed E-state index contributed by atoms with van der Waals surface area (Å²) in [5, 5.41) is 0. The standard InChI is InChI=1S/C12H18S2/c1-11-6-5-7-12(10-11)14-9-4-3-8-13-2/h5-7,10H,3-4,8-9H2,1-2H3. The van der Waals surface area contributed by atoms with Gasteiger partial charge in [0.2, 0.25) is 0 Å². The minimum atomic E-state index is 1.25. The SMILES string of the molecule is CSCCCCSc1cccc(C)c1. The van der Waals surface area contributed by atoms with Crippen LogP contribution in [-0.2, 0) is 0 Å².